The first-order valence-corrected chi connectivity index (χ1v) is 5.25. The van der Waals surface area contributed by atoms with E-state index in [2.05, 4.69) is 15.2 Å². The molecule has 1 aliphatic rings. The fourth-order valence-corrected chi connectivity index (χ4v) is 2.29. The molecular weight excluding hydrogens is 190 g/mol. The molecule has 5 nitrogen and oxygen atoms in total. The largest absolute Gasteiger partial charge is 0.328 e. The van der Waals surface area contributed by atoms with E-state index in [1.165, 1.54) is 0 Å². The van der Waals surface area contributed by atoms with E-state index in [1.54, 1.807) is 12.5 Å². The van der Waals surface area contributed by atoms with E-state index in [4.69, 9.17) is 5.73 Å². The average molecular weight is 203 g/mol. The predicted octanol–water partition coefficient (Wildman–Crippen LogP) is 0.719. The second-order valence-electron chi connectivity index (χ2n) is 4.14. The van der Waals surface area contributed by atoms with Crippen LogP contribution in [0, 0.1) is 0 Å². The lowest BCUT2D eigenvalue weighted by Gasteiger charge is -2.06. The van der Waals surface area contributed by atoms with Crippen LogP contribution < -0.4 is 5.73 Å². The zero-order valence-corrected chi connectivity index (χ0v) is 8.37. The van der Waals surface area contributed by atoms with Crippen molar-refractivity contribution < 1.29 is 0 Å². The minimum Gasteiger partial charge on any atom is -0.328 e. The molecule has 2 aromatic heterocycles. The fourth-order valence-electron chi connectivity index (χ4n) is 2.29. The third-order valence-corrected chi connectivity index (χ3v) is 3.08. The second-order valence-corrected chi connectivity index (χ2v) is 4.14. The quantitative estimate of drug-likeness (QED) is 0.741. The maximum Gasteiger partial charge on any atom is 0.163 e. The van der Waals surface area contributed by atoms with E-state index in [0.717, 1.165) is 30.7 Å². The number of nitrogens with two attached hydrogens (primary N) is 1. The van der Waals surface area contributed by atoms with Gasteiger partial charge >= 0.3 is 0 Å². The molecule has 0 amide bonds. The molecule has 1 fully saturated rings. The summed E-state index contributed by atoms with van der Waals surface area (Å²) in [5, 5.41) is 8.35. The summed E-state index contributed by atoms with van der Waals surface area (Å²) >= 11 is 0. The molecule has 0 saturated heterocycles. The van der Waals surface area contributed by atoms with E-state index in [0.29, 0.717) is 12.0 Å². The Kier molecular flexibility index (Phi) is 1.92. The van der Waals surface area contributed by atoms with Crippen molar-refractivity contribution in [2.24, 2.45) is 5.73 Å². The number of fused-ring (bicyclic) bond motifs is 1. The van der Waals surface area contributed by atoms with Gasteiger partial charge in [-0.05, 0) is 19.3 Å². The van der Waals surface area contributed by atoms with Crippen molar-refractivity contribution in [2.45, 2.75) is 31.2 Å². The molecule has 0 spiro atoms. The van der Waals surface area contributed by atoms with Gasteiger partial charge in [0, 0.05) is 24.2 Å². The van der Waals surface area contributed by atoms with Gasteiger partial charge in [-0.1, -0.05) is 0 Å². The molecule has 78 valence electrons. The highest BCUT2D eigenvalue weighted by Gasteiger charge is 2.26. The summed E-state index contributed by atoms with van der Waals surface area (Å²) in [6, 6.07) is 2.18. The molecule has 0 bridgehead atoms. The van der Waals surface area contributed by atoms with Crippen molar-refractivity contribution in [3.63, 3.8) is 0 Å². The van der Waals surface area contributed by atoms with Crippen LogP contribution in [-0.2, 0) is 0 Å². The normalized spacial score (nSPS) is 26.2. The lowest BCUT2D eigenvalue weighted by atomic mass is 10.1. The van der Waals surface area contributed by atoms with Gasteiger partial charge in [-0.25, -0.2) is 4.98 Å². The second kappa shape index (κ2) is 3.27. The first-order chi connectivity index (χ1) is 7.34. The smallest absolute Gasteiger partial charge is 0.163 e. The zero-order valence-electron chi connectivity index (χ0n) is 8.37. The van der Waals surface area contributed by atoms with Gasteiger partial charge in [0.1, 0.15) is 12.2 Å². The molecular formula is C10H13N5. The van der Waals surface area contributed by atoms with E-state index in [-0.39, 0.29) is 0 Å². The van der Waals surface area contributed by atoms with Crippen LogP contribution in [0.15, 0.2) is 18.6 Å². The van der Waals surface area contributed by atoms with Crippen LogP contribution in [0.25, 0.3) is 5.65 Å². The van der Waals surface area contributed by atoms with Gasteiger partial charge in [0.15, 0.2) is 5.65 Å². The first kappa shape index (κ1) is 8.79. The first-order valence-electron chi connectivity index (χ1n) is 5.25. The Morgan fingerprint density at radius 2 is 2.27 bits per heavy atom. The van der Waals surface area contributed by atoms with Crippen molar-refractivity contribution in [3.05, 3.63) is 24.4 Å². The van der Waals surface area contributed by atoms with Gasteiger partial charge in [-0.3, -0.25) is 4.40 Å². The Bertz CT molecular complexity index is 477. The van der Waals surface area contributed by atoms with Crippen LogP contribution >= 0.6 is 0 Å². The van der Waals surface area contributed by atoms with E-state index in [1.807, 2.05) is 10.5 Å². The molecule has 2 N–H and O–H groups in total. The Balaban J connectivity index is 2.04. The highest BCUT2D eigenvalue weighted by atomic mass is 15.3. The Hall–Kier alpha value is -1.49. The molecule has 5 heteroatoms. The van der Waals surface area contributed by atoms with Crippen LogP contribution in [0.1, 0.15) is 31.0 Å². The van der Waals surface area contributed by atoms with E-state index >= 15 is 0 Å². The zero-order chi connectivity index (χ0) is 10.3. The van der Waals surface area contributed by atoms with Gasteiger partial charge in [0.05, 0.1) is 0 Å². The van der Waals surface area contributed by atoms with Crippen LogP contribution in [0.3, 0.4) is 0 Å². The molecule has 2 heterocycles. The summed E-state index contributed by atoms with van der Waals surface area (Å²) in [5.74, 6) is 1.45. The summed E-state index contributed by atoms with van der Waals surface area (Å²) in [6.45, 7) is 0. The molecule has 0 aliphatic heterocycles. The van der Waals surface area contributed by atoms with Gasteiger partial charge in [-0.2, -0.15) is 0 Å². The average Bonchev–Trinajstić information content (AvgIpc) is 2.83. The Morgan fingerprint density at radius 3 is 3.07 bits per heavy atom. The molecule has 2 atom stereocenters. The summed E-state index contributed by atoms with van der Waals surface area (Å²) in [4.78, 5) is 4.09. The van der Waals surface area contributed by atoms with Gasteiger partial charge in [0.25, 0.3) is 0 Å². The Morgan fingerprint density at radius 1 is 1.33 bits per heavy atom. The van der Waals surface area contributed by atoms with Crippen LogP contribution in [0.2, 0.25) is 0 Å². The minimum atomic E-state index is 0.319. The summed E-state index contributed by atoms with van der Waals surface area (Å²) in [7, 11) is 0. The third-order valence-electron chi connectivity index (χ3n) is 3.08. The topological polar surface area (TPSA) is 69.1 Å². The van der Waals surface area contributed by atoms with Crippen molar-refractivity contribution in [1.82, 2.24) is 19.6 Å². The van der Waals surface area contributed by atoms with E-state index in [9.17, 15) is 0 Å². The summed E-state index contributed by atoms with van der Waals surface area (Å²) in [5.41, 5.74) is 6.76. The predicted molar refractivity (Wildman–Crippen MR) is 55.3 cm³/mol. The Labute approximate surface area is 87.3 Å². The molecule has 2 aromatic rings. The highest BCUT2D eigenvalue weighted by Crippen LogP contribution is 2.32. The molecule has 0 radical (unpaired) electrons. The number of nitrogens with zero attached hydrogens (tertiary/aromatic N) is 4. The van der Waals surface area contributed by atoms with Crippen molar-refractivity contribution in [2.75, 3.05) is 0 Å². The van der Waals surface area contributed by atoms with Gasteiger partial charge in [-0.15, -0.1) is 10.2 Å². The fraction of sp³-hybridized carbons (Fsp3) is 0.500. The molecule has 1 saturated carbocycles. The summed E-state index contributed by atoms with van der Waals surface area (Å²) < 4.78 is 1.96. The molecule has 3 rings (SSSR count). The third kappa shape index (κ3) is 1.39. The van der Waals surface area contributed by atoms with Crippen LogP contribution in [-0.4, -0.2) is 25.6 Å². The lowest BCUT2D eigenvalue weighted by molar-refractivity contribution is 0.635. The summed E-state index contributed by atoms with van der Waals surface area (Å²) in [6.07, 6.45) is 6.70. The van der Waals surface area contributed by atoms with Gasteiger partial charge in [0.2, 0.25) is 0 Å². The number of rotatable bonds is 1. The maximum absolute atomic E-state index is 5.90. The molecule has 0 unspecified atom stereocenters. The van der Waals surface area contributed by atoms with Crippen molar-refractivity contribution in [1.29, 1.82) is 0 Å². The molecule has 0 aromatic carbocycles. The molecule has 15 heavy (non-hydrogen) atoms. The van der Waals surface area contributed by atoms with Crippen molar-refractivity contribution >= 4 is 5.65 Å². The molecule has 1 aliphatic carbocycles. The lowest BCUT2D eigenvalue weighted by Crippen LogP contribution is -2.14. The minimum absolute atomic E-state index is 0.319. The van der Waals surface area contributed by atoms with Crippen molar-refractivity contribution in [3.8, 4) is 0 Å². The number of aromatic nitrogens is 4. The SMILES string of the molecule is N[C@H]1CC[C@@H](c2nnc3ccncn23)C1. The number of hydrogen-bond acceptors (Lipinski definition) is 4. The van der Waals surface area contributed by atoms with Crippen LogP contribution in [0.4, 0.5) is 0 Å². The van der Waals surface area contributed by atoms with Gasteiger partial charge < -0.3 is 5.73 Å². The maximum atomic E-state index is 5.90. The highest BCUT2D eigenvalue weighted by molar-refractivity contribution is 5.36. The monoisotopic (exact) mass is 203 g/mol. The standard InChI is InChI=1S/C10H13N5/c11-8-2-1-7(5-8)10-14-13-9-3-4-12-6-15(9)10/h3-4,6-8H,1-2,5,11H2/t7-,8+/m1/s1. The van der Waals surface area contributed by atoms with Crippen LogP contribution in [0.5, 0.6) is 0 Å². The van der Waals surface area contributed by atoms with E-state index < -0.39 is 0 Å². The number of hydrogen-bond donors (Lipinski definition) is 1.